The number of aryl methyl sites for hydroxylation is 2. The molecule has 1 aliphatic rings. The maximum absolute atomic E-state index is 13.4. The Morgan fingerprint density at radius 3 is 2.96 bits per heavy atom. The standard InChI is InChI=1S/C18H15N3O3S2/c1-3-12-10(2)26-16-15(12)17(22)21(18(20-16)25-7-6-19)11-4-5-13-14(8-11)24-9-23-13/h4-5,8H,3,7,9H2,1-2H3. The van der Waals surface area contributed by atoms with Crippen molar-refractivity contribution in [3.8, 4) is 23.3 Å². The number of fused-ring (bicyclic) bond motifs is 2. The van der Waals surface area contributed by atoms with Gasteiger partial charge in [-0.05, 0) is 31.0 Å². The van der Waals surface area contributed by atoms with Crippen LogP contribution in [0, 0.1) is 18.3 Å². The summed E-state index contributed by atoms with van der Waals surface area (Å²) in [7, 11) is 0. The summed E-state index contributed by atoms with van der Waals surface area (Å²) < 4.78 is 12.4. The molecule has 0 amide bonds. The first-order valence-electron chi connectivity index (χ1n) is 8.08. The lowest BCUT2D eigenvalue weighted by molar-refractivity contribution is 0.174. The lowest BCUT2D eigenvalue weighted by Crippen LogP contribution is -2.22. The van der Waals surface area contributed by atoms with Gasteiger partial charge < -0.3 is 9.47 Å². The summed E-state index contributed by atoms with van der Waals surface area (Å²) in [4.78, 5) is 19.9. The van der Waals surface area contributed by atoms with Crippen LogP contribution in [0.15, 0.2) is 28.2 Å². The fourth-order valence-corrected chi connectivity index (χ4v) is 4.90. The fraction of sp³-hybridized carbons (Fsp3) is 0.278. The average molecular weight is 385 g/mol. The van der Waals surface area contributed by atoms with E-state index in [2.05, 4.69) is 6.07 Å². The van der Waals surface area contributed by atoms with Gasteiger partial charge in [-0.1, -0.05) is 18.7 Å². The van der Waals surface area contributed by atoms with Gasteiger partial charge in [-0.15, -0.1) is 11.3 Å². The van der Waals surface area contributed by atoms with Gasteiger partial charge in [-0.3, -0.25) is 9.36 Å². The predicted octanol–water partition coefficient (Wildman–Crippen LogP) is 3.66. The number of hydrogen-bond acceptors (Lipinski definition) is 7. The number of nitrogens with zero attached hydrogens (tertiary/aromatic N) is 3. The third-order valence-electron chi connectivity index (χ3n) is 4.23. The van der Waals surface area contributed by atoms with E-state index in [1.165, 1.54) is 23.1 Å². The molecule has 8 heteroatoms. The SMILES string of the molecule is CCc1c(C)sc2nc(SCC#N)n(-c3ccc4c(c3)OCO4)c(=O)c12. The first kappa shape index (κ1) is 16.9. The smallest absolute Gasteiger partial charge is 0.267 e. The van der Waals surface area contributed by atoms with Crippen molar-refractivity contribution >= 4 is 33.3 Å². The van der Waals surface area contributed by atoms with Gasteiger partial charge >= 0.3 is 0 Å². The van der Waals surface area contributed by atoms with Crippen molar-refractivity contribution in [2.75, 3.05) is 12.5 Å². The van der Waals surface area contributed by atoms with Crippen LogP contribution in [-0.2, 0) is 6.42 Å². The molecule has 2 aromatic heterocycles. The molecule has 6 nitrogen and oxygen atoms in total. The molecule has 0 radical (unpaired) electrons. The second-order valence-electron chi connectivity index (χ2n) is 5.69. The average Bonchev–Trinajstić information content (AvgIpc) is 3.22. The number of benzene rings is 1. The van der Waals surface area contributed by atoms with Gasteiger partial charge in [-0.25, -0.2) is 4.98 Å². The molecule has 4 rings (SSSR count). The maximum atomic E-state index is 13.4. The van der Waals surface area contributed by atoms with Crippen LogP contribution < -0.4 is 15.0 Å². The molecular weight excluding hydrogens is 370 g/mol. The molecule has 0 atom stereocenters. The van der Waals surface area contributed by atoms with Gasteiger partial charge in [0.15, 0.2) is 16.7 Å². The van der Waals surface area contributed by atoms with Gasteiger partial charge in [0.05, 0.1) is 22.9 Å². The molecule has 1 aromatic carbocycles. The van der Waals surface area contributed by atoms with Crippen LogP contribution in [0.4, 0.5) is 0 Å². The highest BCUT2D eigenvalue weighted by atomic mass is 32.2. The molecule has 0 N–H and O–H groups in total. The highest BCUT2D eigenvalue weighted by molar-refractivity contribution is 7.99. The summed E-state index contributed by atoms with van der Waals surface area (Å²) in [5.74, 6) is 1.47. The normalized spacial score (nSPS) is 12.5. The Labute approximate surface area is 158 Å². The molecule has 0 bridgehead atoms. The third kappa shape index (κ3) is 2.64. The Hall–Kier alpha value is -2.50. The lowest BCUT2D eigenvalue weighted by Gasteiger charge is -2.12. The minimum Gasteiger partial charge on any atom is -0.454 e. The van der Waals surface area contributed by atoms with Crippen LogP contribution in [0.5, 0.6) is 11.5 Å². The Morgan fingerprint density at radius 1 is 1.38 bits per heavy atom. The minimum absolute atomic E-state index is 0.115. The molecule has 0 aliphatic carbocycles. The van der Waals surface area contributed by atoms with Crippen LogP contribution in [0.25, 0.3) is 15.9 Å². The second kappa shape index (κ2) is 6.67. The summed E-state index contributed by atoms with van der Waals surface area (Å²) in [5.41, 5.74) is 1.57. The quantitative estimate of drug-likeness (QED) is 0.504. The number of thiophene rings is 1. The van der Waals surface area contributed by atoms with E-state index in [0.717, 1.165) is 21.7 Å². The van der Waals surface area contributed by atoms with Crippen LogP contribution in [0.3, 0.4) is 0 Å². The van der Waals surface area contributed by atoms with E-state index in [1.54, 1.807) is 16.7 Å². The topological polar surface area (TPSA) is 77.1 Å². The summed E-state index contributed by atoms with van der Waals surface area (Å²) in [6.45, 7) is 4.22. The molecule has 0 saturated carbocycles. The van der Waals surface area contributed by atoms with Gasteiger partial charge in [-0.2, -0.15) is 5.26 Å². The minimum atomic E-state index is -0.115. The van der Waals surface area contributed by atoms with Crippen molar-refractivity contribution < 1.29 is 9.47 Å². The number of nitriles is 1. The van der Waals surface area contributed by atoms with Crippen LogP contribution in [0.2, 0.25) is 0 Å². The summed E-state index contributed by atoms with van der Waals surface area (Å²) in [6.07, 6.45) is 0.772. The van der Waals surface area contributed by atoms with Crippen molar-refractivity contribution in [3.63, 3.8) is 0 Å². The number of thioether (sulfide) groups is 1. The molecule has 0 spiro atoms. The van der Waals surface area contributed by atoms with Crippen LogP contribution in [0.1, 0.15) is 17.4 Å². The summed E-state index contributed by atoms with van der Waals surface area (Å²) >= 11 is 2.78. The largest absolute Gasteiger partial charge is 0.454 e. The fourth-order valence-electron chi connectivity index (χ4n) is 3.07. The maximum Gasteiger partial charge on any atom is 0.267 e. The molecule has 0 fully saturated rings. The zero-order valence-corrected chi connectivity index (χ0v) is 15.9. The Balaban J connectivity index is 2.00. The van der Waals surface area contributed by atoms with E-state index in [4.69, 9.17) is 19.7 Å². The Morgan fingerprint density at radius 2 is 2.19 bits per heavy atom. The molecule has 132 valence electrons. The molecule has 3 heterocycles. The summed E-state index contributed by atoms with van der Waals surface area (Å²) in [6, 6.07) is 7.47. The third-order valence-corrected chi connectivity index (χ3v) is 6.08. The Bertz CT molecular complexity index is 1110. The highest BCUT2D eigenvalue weighted by Gasteiger charge is 2.21. The van der Waals surface area contributed by atoms with Crippen molar-refractivity contribution in [3.05, 3.63) is 39.0 Å². The van der Waals surface area contributed by atoms with Crippen molar-refractivity contribution in [2.45, 2.75) is 25.4 Å². The second-order valence-corrected chi connectivity index (χ2v) is 7.84. The number of hydrogen-bond donors (Lipinski definition) is 0. The van der Waals surface area contributed by atoms with E-state index in [-0.39, 0.29) is 18.1 Å². The van der Waals surface area contributed by atoms with E-state index >= 15 is 0 Å². The number of ether oxygens (including phenoxy) is 2. The first-order valence-corrected chi connectivity index (χ1v) is 9.89. The predicted molar refractivity (Wildman–Crippen MR) is 102 cm³/mol. The molecule has 0 unspecified atom stereocenters. The van der Waals surface area contributed by atoms with Crippen molar-refractivity contribution in [1.82, 2.24) is 9.55 Å². The molecular formula is C18H15N3O3S2. The van der Waals surface area contributed by atoms with Gasteiger partial charge in [0.2, 0.25) is 6.79 Å². The molecule has 3 aromatic rings. The molecule has 26 heavy (non-hydrogen) atoms. The van der Waals surface area contributed by atoms with E-state index in [0.29, 0.717) is 27.7 Å². The van der Waals surface area contributed by atoms with Crippen LogP contribution in [-0.4, -0.2) is 22.1 Å². The van der Waals surface area contributed by atoms with Crippen molar-refractivity contribution in [2.24, 2.45) is 0 Å². The van der Waals surface area contributed by atoms with Gasteiger partial charge in [0, 0.05) is 10.9 Å². The molecule has 0 saturated heterocycles. The van der Waals surface area contributed by atoms with Crippen LogP contribution >= 0.6 is 23.1 Å². The highest BCUT2D eigenvalue weighted by Crippen LogP contribution is 2.35. The van der Waals surface area contributed by atoms with E-state index in [9.17, 15) is 4.79 Å². The van der Waals surface area contributed by atoms with E-state index in [1.807, 2.05) is 19.9 Å². The monoisotopic (exact) mass is 385 g/mol. The Kier molecular flexibility index (Phi) is 4.34. The van der Waals surface area contributed by atoms with Crippen molar-refractivity contribution in [1.29, 1.82) is 5.26 Å². The van der Waals surface area contributed by atoms with E-state index < -0.39 is 0 Å². The lowest BCUT2D eigenvalue weighted by atomic mass is 10.1. The van der Waals surface area contributed by atoms with Gasteiger partial charge in [0.1, 0.15) is 4.83 Å². The van der Waals surface area contributed by atoms with Gasteiger partial charge in [0.25, 0.3) is 5.56 Å². The number of aromatic nitrogens is 2. The summed E-state index contributed by atoms with van der Waals surface area (Å²) in [5, 5.41) is 10.1. The first-order chi connectivity index (χ1) is 12.6. The molecule has 1 aliphatic heterocycles. The zero-order valence-electron chi connectivity index (χ0n) is 14.2. The number of rotatable bonds is 4. The zero-order chi connectivity index (χ0) is 18.3.